The number of nitrogens with one attached hydrogen (secondary N) is 1. The van der Waals surface area contributed by atoms with E-state index in [1.807, 2.05) is 0 Å². The molecule has 218 valence electrons. The number of anilines is 2. The maximum atomic E-state index is 15.2. The molecule has 3 unspecified atom stereocenters. The minimum absolute atomic E-state index is 0.149. The summed E-state index contributed by atoms with van der Waals surface area (Å²) < 4.78 is 64.7. The molecule has 5 heterocycles. The molecule has 0 bridgehead atoms. The summed E-state index contributed by atoms with van der Waals surface area (Å²) in [6, 6.07) is 0. The van der Waals surface area contributed by atoms with Crippen LogP contribution in [0.3, 0.4) is 0 Å². The van der Waals surface area contributed by atoms with E-state index in [0.29, 0.717) is 4.57 Å². The van der Waals surface area contributed by atoms with E-state index in [1.165, 1.54) is 0 Å². The first-order valence-electron chi connectivity index (χ1n) is 11.4. The van der Waals surface area contributed by atoms with Gasteiger partial charge in [0, 0.05) is 0 Å². The normalized spacial score (nSPS) is 32.0. The number of imidazole rings is 1. The van der Waals surface area contributed by atoms with Gasteiger partial charge in [0.15, 0.2) is 36.0 Å². The number of alkyl halides is 2. The van der Waals surface area contributed by atoms with Crippen LogP contribution in [0.5, 0.6) is 0 Å². The molecule has 5 rings (SSSR count). The highest BCUT2D eigenvalue weighted by atomic mass is 31.2. The Morgan fingerprint density at radius 3 is 2.45 bits per heavy atom. The zero-order valence-electron chi connectivity index (χ0n) is 19.9. The van der Waals surface area contributed by atoms with Gasteiger partial charge in [0.1, 0.15) is 30.7 Å². The van der Waals surface area contributed by atoms with E-state index in [0.717, 1.165) is 17.2 Å². The second kappa shape index (κ2) is 10.5. The predicted octanol–water partition coefficient (Wildman–Crippen LogP) is -2.74. The molecule has 0 amide bonds. The molecule has 22 heteroatoms. The number of hydrogen-bond acceptors (Lipinski definition) is 15. The number of nitrogens with zero attached hydrogens (tertiary/aromatic N) is 6. The predicted molar refractivity (Wildman–Crippen MR) is 125 cm³/mol. The van der Waals surface area contributed by atoms with Crippen LogP contribution in [0.4, 0.5) is 20.7 Å². The number of phosphoric ester groups is 1. The number of fused-ring (bicyclic) bond motifs is 1. The van der Waals surface area contributed by atoms with Crippen molar-refractivity contribution in [1.29, 1.82) is 0 Å². The highest BCUT2D eigenvalue weighted by Gasteiger charge is 2.51. The van der Waals surface area contributed by atoms with Crippen molar-refractivity contribution in [2.75, 3.05) is 24.7 Å². The van der Waals surface area contributed by atoms with E-state index >= 15 is 4.39 Å². The van der Waals surface area contributed by atoms with Crippen molar-refractivity contribution in [3.8, 4) is 0 Å². The highest BCUT2D eigenvalue weighted by Crippen LogP contribution is 2.49. The molecular formula is C18H22F2N9O10P. The SMILES string of the molecule is Nc1ncn([C@@H]2O[C@H](CO)C(OP(=O)(O)OC[C@H]3O[C@@H](n4cnc5c(=O)[nH]c(N)nc54)[C@@H](F)C3O)[C@@H]2F)c(=O)n1. The van der Waals surface area contributed by atoms with Gasteiger partial charge in [-0.15, -0.1) is 0 Å². The number of aromatic amines is 1. The van der Waals surface area contributed by atoms with Gasteiger partial charge in [0.25, 0.3) is 5.56 Å². The number of halogens is 2. The van der Waals surface area contributed by atoms with Gasteiger partial charge in [-0.25, -0.2) is 28.1 Å². The molecule has 0 saturated carbocycles. The van der Waals surface area contributed by atoms with Crippen molar-refractivity contribution in [1.82, 2.24) is 34.1 Å². The Balaban J connectivity index is 1.27. The summed E-state index contributed by atoms with van der Waals surface area (Å²) in [5.74, 6) is -0.676. The van der Waals surface area contributed by atoms with Crippen LogP contribution in [-0.4, -0.2) is 99.1 Å². The molecule has 40 heavy (non-hydrogen) atoms. The monoisotopic (exact) mass is 593 g/mol. The van der Waals surface area contributed by atoms with Gasteiger partial charge in [-0.2, -0.15) is 9.97 Å². The Labute approximate surface area is 219 Å². The maximum absolute atomic E-state index is 15.2. The molecule has 0 aromatic carbocycles. The summed E-state index contributed by atoms with van der Waals surface area (Å²) in [4.78, 5) is 51.0. The summed E-state index contributed by atoms with van der Waals surface area (Å²) in [5, 5.41) is 19.9. The lowest BCUT2D eigenvalue weighted by Gasteiger charge is -2.22. The van der Waals surface area contributed by atoms with Gasteiger partial charge in [0.2, 0.25) is 11.9 Å². The van der Waals surface area contributed by atoms with Crippen LogP contribution in [0.1, 0.15) is 12.5 Å². The second-order valence-electron chi connectivity index (χ2n) is 8.71. The molecule has 2 saturated heterocycles. The number of aromatic nitrogens is 7. The number of rotatable bonds is 8. The lowest BCUT2D eigenvalue weighted by Crippen LogP contribution is -2.36. The molecular weight excluding hydrogens is 571 g/mol. The van der Waals surface area contributed by atoms with Crippen LogP contribution in [0.2, 0.25) is 0 Å². The number of H-pyrrole nitrogens is 1. The minimum atomic E-state index is -5.17. The second-order valence-corrected chi connectivity index (χ2v) is 10.1. The summed E-state index contributed by atoms with van der Waals surface area (Å²) >= 11 is 0. The maximum Gasteiger partial charge on any atom is 0.472 e. The standard InChI is InChI=1S/C18H22F2N9O10P/c19-7-10(31)6(38-14(7)28-3-23-9-12(28)25-17(22)26-13(9)32)2-36-40(34,35)39-11-5(1-30)37-15(8(11)20)29-4-24-16(21)27-18(29)33/h3-8,10-11,14-15,30-31H,1-2H2,(H,34,35)(H2,21,27,33)(H3,22,25,26,32)/t5-,6-,7+,8+,10?,11?,14-,15-/m1/s1. The molecule has 3 aromatic heterocycles. The molecule has 19 nitrogen and oxygen atoms in total. The third-order valence-electron chi connectivity index (χ3n) is 6.14. The number of hydrogen-bond donors (Lipinski definition) is 6. The summed E-state index contributed by atoms with van der Waals surface area (Å²) in [6.45, 7) is -1.81. The number of ether oxygens (including phenoxy) is 2. The van der Waals surface area contributed by atoms with Crippen molar-refractivity contribution in [3.63, 3.8) is 0 Å². The van der Waals surface area contributed by atoms with E-state index in [2.05, 4.69) is 24.9 Å². The van der Waals surface area contributed by atoms with Gasteiger partial charge in [-0.3, -0.25) is 28.0 Å². The van der Waals surface area contributed by atoms with Crippen LogP contribution >= 0.6 is 7.82 Å². The largest absolute Gasteiger partial charge is 0.472 e. The van der Waals surface area contributed by atoms with E-state index < -0.39 is 87.4 Å². The fourth-order valence-corrected chi connectivity index (χ4v) is 5.22. The van der Waals surface area contributed by atoms with E-state index in [1.54, 1.807) is 0 Å². The van der Waals surface area contributed by atoms with E-state index in [-0.39, 0.29) is 17.1 Å². The highest BCUT2D eigenvalue weighted by molar-refractivity contribution is 7.47. The average molecular weight is 593 g/mol. The summed E-state index contributed by atoms with van der Waals surface area (Å²) in [7, 11) is -5.17. The van der Waals surface area contributed by atoms with Crippen molar-refractivity contribution < 1.29 is 47.0 Å². The number of aliphatic hydroxyl groups is 2. The first-order chi connectivity index (χ1) is 18.9. The van der Waals surface area contributed by atoms with Crippen LogP contribution in [-0.2, 0) is 23.1 Å². The fraction of sp³-hybridized carbons (Fsp3) is 0.556. The third kappa shape index (κ3) is 5.08. The number of nitrogen functional groups attached to an aromatic ring is 2. The van der Waals surface area contributed by atoms with Crippen molar-refractivity contribution in [2.24, 2.45) is 0 Å². The fourth-order valence-electron chi connectivity index (χ4n) is 4.27. The topological polar surface area (TPSA) is 278 Å². The van der Waals surface area contributed by atoms with Crippen molar-refractivity contribution in [2.45, 2.75) is 49.2 Å². The van der Waals surface area contributed by atoms with Crippen LogP contribution in [0.25, 0.3) is 11.2 Å². The quantitative estimate of drug-likeness (QED) is 0.144. The van der Waals surface area contributed by atoms with Gasteiger partial charge in [-0.05, 0) is 0 Å². The molecule has 2 aliphatic rings. The Bertz CT molecular complexity index is 1570. The van der Waals surface area contributed by atoms with E-state index in [9.17, 15) is 33.7 Å². The number of nitrogens with two attached hydrogens (primary N) is 2. The van der Waals surface area contributed by atoms with Crippen LogP contribution in [0.15, 0.2) is 22.2 Å². The van der Waals surface area contributed by atoms with Crippen molar-refractivity contribution in [3.05, 3.63) is 33.5 Å². The molecule has 3 aromatic rings. The Hall–Kier alpha value is -3.43. The molecule has 0 aliphatic carbocycles. The third-order valence-corrected chi connectivity index (χ3v) is 7.13. The Morgan fingerprint density at radius 2 is 1.75 bits per heavy atom. The van der Waals surface area contributed by atoms with Crippen LogP contribution in [0, 0.1) is 0 Å². The zero-order chi connectivity index (χ0) is 28.9. The van der Waals surface area contributed by atoms with Crippen LogP contribution < -0.4 is 22.7 Å². The first kappa shape index (κ1) is 28.1. The van der Waals surface area contributed by atoms with Crippen molar-refractivity contribution >= 4 is 30.9 Å². The number of aliphatic hydroxyl groups excluding tert-OH is 2. The minimum Gasteiger partial charge on any atom is -0.394 e. The van der Waals surface area contributed by atoms with E-state index in [4.69, 9.17) is 30.0 Å². The van der Waals surface area contributed by atoms with Gasteiger partial charge in [0.05, 0.1) is 19.5 Å². The Kier molecular flexibility index (Phi) is 7.39. The lowest BCUT2D eigenvalue weighted by atomic mass is 10.1. The first-order valence-corrected chi connectivity index (χ1v) is 12.9. The number of phosphoric acid groups is 1. The van der Waals surface area contributed by atoms with Gasteiger partial charge in [-0.1, -0.05) is 0 Å². The van der Waals surface area contributed by atoms with Gasteiger partial charge >= 0.3 is 13.5 Å². The average Bonchev–Trinajstić information content (AvgIpc) is 3.53. The Morgan fingerprint density at radius 1 is 1.07 bits per heavy atom. The molecule has 0 spiro atoms. The molecule has 8 N–H and O–H groups in total. The smallest absolute Gasteiger partial charge is 0.394 e. The molecule has 0 radical (unpaired) electrons. The zero-order valence-corrected chi connectivity index (χ0v) is 20.8. The molecule has 2 aliphatic heterocycles. The molecule has 9 atom stereocenters. The summed E-state index contributed by atoms with van der Waals surface area (Å²) in [6.07, 6.45) is -12.8. The molecule has 2 fully saturated rings. The summed E-state index contributed by atoms with van der Waals surface area (Å²) in [5.41, 5.74) is 8.75. The van der Waals surface area contributed by atoms with Gasteiger partial charge < -0.3 is 36.0 Å². The lowest BCUT2D eigenvalue weighted by molar-refractivity contribution is -0.0576.